The topological polar surface area (TPSA) is 0 Å². The molecular formula is C20H21Br. The highest BCUT2D eigenvalue weighted by molar-refractivity contribution is 9.10. The van der Waals surface area contributed by atoms with Gasteiger partial charge in [-0.25, -0.2) is 0 Å². The summed E-state index contributed by atoms with van der Waals surface area (Å²) in [5.74, 6) is 0.401. The molecule has 0 radical (unpaired) electrons. The van der Waals surface area contributed by atoms with Gasteiger partial charge in [-0.15, -0.1) is 0 Å². The lowest BCUT2D eigenvalue weighted by Crippen LogP contribution is -1.99. The Morgan fingerprint density at radius 2 is 1.81 bits per heavy atom. The molecule has 0 aromatic heterocycles. The van der Waals surface area contributed by atoms with Crippen molar-refractivity contribution >= 4 is 22.0 Å². The first-order chi connectivity index (χ1) is 10.2. The number of hydrogen-bond donors (Lipinski definition) is 0. The van der Waals surface area contributed by atoms with Crippen molar-refractivity contribution in [1.29, 1.82) is 0 Å². The van der Waals surface area contributed by atoms with Crippen molar-refractivity contribution in [2.45, 2.75) is 39.0 Å². The van der Waals surface area contributed by atoms with E-state index in [0.717, 1.165) is 0 Å². The van der Waals surface area contributed by atoms with Crippen LogP contribution in [0.5, 0.6) is 0 Å². The predicted molar refractivity (Wildman–Crippen MR) is 94.8 cm³/mol. The Morgan fingerprint density at radius 3 is 2.52 bits per heavy atom. The van der Waals surface area contributed by atoms with Crippen LogP contribution < -0.4 is 0 Å². The molecule has 0 bridgehead atoms. The third-order valence-corrected chi connectivity index (χ3v) is 5.07. The Morgan fingerprint density at radius 1 is 1.05 bits per heavy atom. The molecule has 2 aromatic rings. The van der Waals surface area contributed by atoms with E-state index in [1.54, 1.807) is 0 Å². The Hall–Kier alpha value is -1.34. The Bertz CT molecular complexity index is 665. The van der Waals surface area contributed by atoms with Gasteiger partial charge in [0, 0.05) is 10.4 Å². The quantitative estimate of drug-likeness (QED) is 0.616. The van der Waals surface area contributed by atoms with Crippen molar-refractivity contribution in [3.63, 3.8) is 0 Å². The van der Waals surface area contributed by atoms with Crippen LogP contribution in [0.2, 0.25) is 0 Å². The summed E-state index contributed by atoms with van der Waals surface area (Å²) in [6.45, 7) is 4.45. The van der Waals surface area contributed by atoms with E-state index in [4.69, 9.17) is 0 Å². The van der Waals surface area contributed by atoms with Crippen LogP contribution in [0, 0.1) is 6.92 Å². The lowest BCUT2D eigenvalue weighted by Gasteiger charge is -2.15. The lowest BCUT2D eigenvalue weighted by atomic mass is 9.89. The van der Waals surface area contributed by atoms with Crippen molar-refractivity contribution in [1.82, 2.24) is 0 Å². The summed E-state index contributed by atoms with van der Waals surface area (Å²) < 4.78 is 1.20. The van der Waals surface area contributed by atoms with E-state index in [0.29, 0.717) is 5.92 Å². The molecular weight excluding hydrogens is 320 g/mol. The molecule has 0 aliphatic heterocycles. The van der Waals surface area contributed by atoms with Gasteiger partial charge in [-0.3, -0.25) is 0 Å². The van der Waals surface area contributed by atoms with Crippen LogP contribution in [0.3, 0.4) is 0 Å². The normalized spacial score (nSPS) is 16.2. The molecule has 0 spiro atoms. The highest BCUT2D eigenvalue weighted by atomic mass is 79.9. The molecule has 0 saturated carbocycles. The molecule has 3 rings (SSSR count). The summed E-state index contributed by atoms with van der Waals surface area (Å²) in [6, 6.07) is 13.5. The van der Waals surface area contributed by atoms with E-state index in [9.17, 15) is 0 Å². The second-order valence-electron chi connectivity index (χ2n) is 5.87. The van der Waals surface area contributed by atoms with E-state index in [1.165, 1.54) is 51.6 Å². The number of fused-ring (bicyclic) bond motifs is 1. The fourth-order valence-corrected chi connectivity index (χ4v) is 3.62. The summed E-state index contributed by atoms with van der Waals surface area (Å²) in [6.07, 6.45) is 8.30. The second-order valence-corrected chi connectivity index (χ2v) is 6.73. The van der Waals surface area contributed by atoms with Gasteiger partial charge in [0.25, 0.3) is 0 Å². The first-order valence-electron chi connectivity index (χ1n) is 7.76. The van der Waals surface area contributed by atoms with Crippen LogP contribution in [-0.2, 0) is 6.42 Å². The van der Waals surface area contributed by atoms with Gasteiger partial charge in [0.2, 0.25) is 0 Å². The summed E-state index contributed by atoms with van der Waals surface area (Å²) in [5.41, 5.74) is 7.01. The van der Waals surface area contributed by atoms with E-state index in [2.05, 4.69) is 78.3 Å². The average molecular weight is 341 g/mol. The summed E-state index contributed by atoms with van der Waals surface area (Å²) in [5, 5.41) is 0. The van der Waals surface area contributed by atoms with Gasteiger partial charge in [0.15, 0.2) is 0 Å². The highest BCUT2D eigenvalue weighted by Gasteiger charge is 2.22. The fourth-order valence-electron chi connectivity index (χ4n) is 3.14. The Labute approximate surface area is 136 Å². The first-order valence-corrected chi connectivity index (χ1v) is 8.56. The van der Waals surface area contributed by atoms with Crippen LogP contribution in [0.1, 0.15) is 53.5 Å². The molecule has 0 fully saturated rings. The predicted octanol–water partition coefficient (Wildman–Crippen LogP) is 6.26. The third-order valence-electron chi connectivity index (χ3n) is 4.38. The molecule has 1 aliphatic rings. The smallest absolute Gasteiger partial charge is 0.0281 e. The van der Waals surface area contributed by atoms with Gasteiger partial charge in [-0.05, 0) is 53.6 Å². The first kappa shape index (κ1) is 14.6. The maximum absolute atomic E-state index is 3.67. The highest BCUT2D eigenvalue weighted by Crippen LogP contribution is 2.40. The van der Waals surface area contributed by atoms with E-state index >= 15 is 0 Å². The fraction of sp³-hybridized carbons (Fsp3) is 0.300. The van der Waals surface area contributed by atoms with Gasteiger partial charge in [0.1, 0.15) is 0 Å². The molecule has 0 heterocycles. The third kappa shape index (κ3) is 2.85. The standard InChI is InChI=1S/C20H21Br/c1-3-4-5-15-7-9-16(10-8-15)17-11-12-18-19(21)13-6-14(2)20(17)18/h6-13,17H,3-5H2,1-2H3. The van der Waals surface area contributed by atoms with Gasteiger partial charge in [-0.2, -0.15) is 0 Å². The molecule has 1 heteroatoms. The number of halogens is 1. The summed E-state index contributed by atoms with van der Waals surface area (Å²) in [7, 11) is 0. The maximum atomic E-state index is 3.67. The minimum absolute atomic E-state index is 0.401. The maximum Gasteiger partial charge on any atom is 0.0281 e. The molecule has 1 aliphatic carbocycles. The Balaban J connectivity index is 1.91. The molecule has 0 saturated heterocycles. The van der Waals surface area contributed by atoms with Crippen LogP contribution >= 0.6 is 15.9 Å². The monoisotopic (exact) mass is 340 g/mol. The zero-order chi connectivity index (χ0) is 14.8. The largest absolute Gasteiger partial charge is 0.0720 e. The van der Waals surface area contributed by atoms with Crippen LogP contribution in [0.15, 0.2) is 46.9 Å². The van der Waals surface area contributed by atoms with E-state index in [1.807, 2.05) is 0 Å². The molecule has 0 N–H and O–H groups in total. The molecule has 1 atom stereocenters. The minimum atomic E-state index is 0.401. The number of unbranched alkanes of at least 4 members (excludes halogenated alkanes) is 1. The van der Waals surface area contributed by atoms with Gasteiger partial charge in [-0.1, -0.05) is 71.8 Å². The number of hydrogen-bond acceptors (Lipinski definition) is 0. The van der Waals surface area contributed by atoms with Gasteiger partial charge >= 0.3 is 0 Å². The zero-order valence-corrected chi connectivity index (χ0v) is 14.3. The van der Waals surface area contributed by atoms with Crippen molar-refractivity contribution in [2.24, 2.45) is 0 Å². The van der Waals surface area contributed by atoms with Crippen molar-refractivity contribution in [2.75, 3.05) is 0 Å². The molecule has 21 heavy (non-hydrogen) atoms. The molecule has 0 amide bonds. The van der Waals surface area contributed by atoms with Gasteiger partial charge in [0.05, 0.1) is 0 Å². The van der Waals surface area contributed by atoms with Gasteiger partial charge < -0.3 is 0 Å². The number of aryl methyl sites for hydroxylation is 2. The summed E-state index contributed by atoms with van der Waals surface area (Å²) in [4.78, 5) is 0. The van der Waals surface area contributed by atoms with E-state index < -0.39 is 0 Å². The zero-order valence-electron chi connectivity index (χ0n) is 12.7. The van der Waals surface area contributed by atoms with Crippen molar-refractivity contribution in [3.8, 4) is 0 Å². The van der Waals surface area contributed by atoms with Crippen LogP contribution in [0.4, 0.5) is 0 Å². The van der Waals surface area contributed by atoms with Crippen LogP contribution in [0.25, 0.3) is 6.08 Å². The number of benzene rings is 2. The Kier molecular flexibility index (Phi) is 4.30. The molecule has 0 nitrogen and oxygen atoms in total. The average Bonchev–Trinajstić information content (AvgIpc) is 2.96. The lowest BCUT2D eigenvalue weighted by molar-refractivity contribution is 0.794. The van der Waals surface area contributed by atoms with Crippen molar-refractivity contribution in [3.05, 3.63) is 74.8 Å². The number of allylic oxidation sites excluding steroid dienone is 1. The van der Waals surface area contributed by atoms with Crippen LogP contribution in [-0.4, -0.2) is 0 Å². The molecule has 1 unspecified atom stereocenters. The number of rotatable bonds is 4. The molecule has 108 valence electrons. The minimum Gasteiger partial charge on any atom is -0.0720 e. The molecule has 2 aromatic carbocycles. The van der Waals surface area contributed by atoms with Crippen molar-refractivity contribution < 1.29 is 0 Å². The van der Waals surface area contributed by atoms with E-state index in [-0.39, 0.29) is 0 Å². The SMILES string of the molecule is CCCCc1ccc(C2C=Cc3c(Br)ccc(C)c32)cc1. The summed E-state index contributed by atoms with van der Waals surface area (Å²) >= 11 is 3.67. The second kappa shape index (κ2) is 6.19.